The Morgan fingerprint density at radius 3 is 1.80 bits per heavy atom. The molecular weight excluding hydrogens is 180 g/mol. The van der Waals surface area contributed by atoms with Crippen LogP contribution in [0.1, 0.15) is 78.6 Å². The summed E-state index contributed by atoms with van der Waals surface area (Å²) in [5.74, 6) is 3.33. The van der Waals surface area contributed by atoms with Crippen LogP contribution < -0.4 is 0 Å². The lowest BCUT2D eigenvalue weighted by atomic mass is 9.71. The number of rotatable bonds is 2. The van der Waals surface area contributed by atoms with Gasteiger partial charge in [-0.1, -0.05) is 65.7 Å². The van der Waals surface area contributed by atoms with E-state index in [2.05, 4.69) is 6.92 Å². The third kappa shape index (κ3) is 3.50. The second-order valence-electron chi connectivity index (χ2n) is 5.59. The Morgan fingerprint density at radius 2 is 1.27 bits per heavy atom. The lowest BCUT2D eigenvalue weighted by Crippen LogP contribution is -2.23. The summed E-state index contributed by atoms with van der Waals surface area (Å²) in [4.78, 5) is 0. The molecule has 2 fully saturated rings. The molecule has 0 aliphatic heterocycles. The van der Waals surface area contributed by atoms with Crippen molar-refractivity contribution in [2.45, 2.75) is 78.6 Å². The van der Waals surface area contributed by atoms with Crippen LogP contribution in [0.15, 0.2) is 0 Å². The normalized spacial score (nSPS) is 33.4. The second kappa shape index (κ2) is 6.55. The molecule has 2 rings (SSSR count). The molecule has 0 amide bonds. The molecule has 2 aliphatic carbocycles. The lowest BCUT2D eigenvalue weighted by molar-refractivity contribution is 0.165. The fraction of sp³-hybridized carbons (Fsp3) is 1.00. The quantitative estimate of drug-likeness (QED) is 0.571. The largest absolute Gasteiger partial charge is 0.0776 e. The summed E-state index contributed by atoms with van der Waals surface area (Å²) < 4.78 is 0. The first-order valence-corrected chi connectivity index (χ1v) is 6.90. The van der Waals surface area contributed by atoms with Gasteiger partial charge in [0.25, 0.3) is 0 Å². The molecule has 90 valence electrons. The van der Waals surface area contributed by atoms with Gasteiger partial charge in [-0.3, -0.25) is 0 Å². The van der Waals surface area contributed by atoms with Crippen molar-refractivity contribution in [1.82, 2.24) is 0 Å². The van der Waals surface area contributed by atoms with E-state index in [4.69, 9.17) is 0 Å². The van der Waals surface area contributed by atoms with E-state index in [9.17, 15) is 0 Å². The van der Waals surface area contributed by atoms with Crippen LogP contribution >= 0.6 is 0 Å². The highest BCUT2D eigenvalue weighted by atomic mass is 14.3. The van der Waals surface area contributed by atoms with Crippen LogP contribution in [0.2, 0.25) is 0 Å². The predicted octanol–water partition coefficient (Wildman–Crippen LogP) is 5.42. The summed E-state index contributed by atoms with van der Waals surface area (Å²) in [5.41, 5.74) is 0. The molecule has 0 heterocycles. The predicted molar refractivity (Wildman–Crippen MR) is 69.0 cm³/mol. The van der Waals surface area contributed by atoms with E-state index >= 15 is 0 Å². The van der Waals surface area contributed by atoms with Gasteiger partial charge in [-0.25, -0.2) is 0 Å². The third-order valence-electron chi connectivity index (χ3n) is 4.79. The van der Waals surface area contributed by atoms with Crippen LogP contribution in [0.5, 0.6) is 0 Å². The first-order valence-electron chi connectivity index (χ1n) is 6.90. The Kier molecular flexibility index (Phi) is 5.71. The summed E-state index contributed by atoms with van der Waals surface area (Å²) in [5, 5.41) is 0. The van der Waals surface area contributed by atoms with E-state index in [0.29, 0.717) is 0 Å². The topological polar surface area (TPSA) is 0 Å². The van der Waals surface area contributed by atoms with Crippen molar-refractivity contribution in [2.75, 3.05) is 0 Å². The zero-order valence-electron chi connectivity index (χ0n) is 9.80. The molecule has 0 nitrogen and oxygen atoms in total. The van der Waals surface area contributed by atoms with E-state index < -0.39 is 0 Å². The van der Waals surface area contributed by atoms with E-state index in [1.807, 2.05) is 0 Å². The molecule has 0 atom stereocenters. The molecule has 0 aromatic heterocycles. The van der Waals surface area contributed by atoms with Crippen LogP contribution in [0.3, 0.4) is 0 Å². The maximum atomic E-state index is 2.37. The summed E-state index contributed by atoms with van der Waals surface area (Å²) >= 11 is 0. The van der Waals surface area contributed by atoms with Crippen LogP contribution in [0.4, 0.5) is 0 Å². The van der Waals surface area contributed by atoms with Crippen molar-refractivity contribution in [2.24, 2.45) is 17.8 Å². The van der Waals surface area contributed by atoms with E-state index in [1.165, 1.54) is 38.5 Å². The average molecular weight is 210 g/mol. The second-order valence-corrected chi connectivity index (χ2v) is 5.59. The molecule has 0 saturated heterocycles. The molecular formula is C15H30. The smallest absolute Gasteiger partial charge is 0.0386 e. The first kappa shape index (κ1) is 13.1. The standard InChI is InChI=1S/C14H26.CH4/c1-2-12-8-10-14(11-9-12)13-6-4-3-5-7-13;/h12-14H,2-11H2,1H3;1H4. The van der Waals surface area contributed by atoms with Crippen LogP contribution in [-0.2, 0) is 0 Å². The van der Waals surface area contributed by atoms with E-state index in [-0.39, 0.29) is 7.43 Å². The number of hydrogen-bond acceptors (Lipinski definition) is 0. The van der Waals surface area contributed by atoms with E-state index in [1.54, 1.807) is 25.7 Å². The summed E-state index contributed by atoms with van der Waals surface area (Å²) in [7, 11) is 0. The van der Waals surface area contributed by atoms with Gasteiger partial charge in [-0.2, -0.15) is 0 Å². The highest BCUT2D eigenvalue weighted by Gasteiger charge is 2.27. The van der Waals surface area contributed by atoms with Gasteiger partial charge in [0.05, 0.1) is 0 Å². The summed E-state index contributed by atoms with van der Waals surface area (Å²) in [6.07, 6.45) is 15.3. The minimum absolute atomic E-state index is 0. The highest BCUT2D eigenvalue weighted by Crippen LogP contribution is 2.40. The molecule has 0 aromatic carbocycles. The Morgan fingerprint density at radius 1 is 0.733 bits per heavy atom. The molecule has 0 heteroatoms. The van der Waals surface area contributed by atoms with Crippen LogP contribution in [0, 0.1) is 17.8 Å². The third-order valence-corrected chi connectivity index (χ3v) is 4.79. The van der Waals surface area contributed by atoms with Crippen molar-refractivity contribution in [1.29, 1.82) is 0 Å². The zero-order valence-corrected chi connectivity index (χ0v) is 9.80. The van der Waals surface area contributed by atoms with Crippen molar-refractivity contribution >= 4 is 0 Å². The maximum Gasteiger partial charge on any atom is -0.0386 e. The Labute approximate surface area is 96.8 Å². The van der Waals surface area contributed by atoms with Gasteiger partial charge in [0.1, 0.15) is 0 Å². The van der Waals surface area contributed by atoms with E-state index in [0.717, 1.165) is 17.8 Å². The highest BCUT2D eigenvalue weighted by molar-refractivity contribution is 4.79. The fourth-order valence-corrected chi connectivity index (χ4v) is 3.67. The van der Waals surface area contributed by atoms with Gasteiger partial charge >= 0.3 is 0 Å². The molecule has 0 N–H and O–H groups in total. The van der Waals surface area contributed by atoms with Gasteiger partial charge in [-0.15, -0.1) is 0 Å². The van der Waals surface area contributed by atoms with Gasteiger partial charge in [0.2, 0.25) is 0 Å². The maximum absolute atomic E-state index is 2.37. The van der Waals surface area contributed by atoms with Gasteiger partial charge in [0.15, 0.2) is 0 Å². The van der Waals surface area contributed by atoms with Crippen LogP contribution in [0.25, 0.3) is 0 Å². The summed E-state index contributed by atoms with van der Waals surface area (Å²) in [6.45, 7) is 2.37. The molecule has 0 radical (unpaired) electrons. The van der Waals surface area contributed by atoms with Gasteiger partial charge < -0.3 is 0 Å². The molecule has 0 unspecified atom stereocenters. The zero-order chi connectivity index (χ0) is 9.80. The van der Waals surface area contributed by atoms with Gasteiger partial charge in [-0.05, 0) is 30.6 Å². The average Bonchev–Trinajstić information content (AvgIpc) is 2.30. The Bertz CT molecular complexity index is 147. The molecule has 2 saturated carbocycles. The molecule has 2 aliphatic rings. The molecule has 0 bridgehead atoms. The Balaban J connectivity index is 0.00000112. The Hall–Kier alpha value is 0. The minimum atomic E-state index is 0. The summed E-state index contributed by atoms with van der Waals surface area (Å²) in [6, 6.07) is 0. The fourth-order valence-electron chi connectivity index (χ4n) is 3.67. The van der Waals surface area contributed by atoms with Crippen molar-refractivity contribution in [3.8, 4) is 0 Å². The first-order chi connectivity index (χ1) is 6.90. The van der Waals surface area contributed by atoms with Crippen molar-refractivity contribution in [3.05, 3.63) is 0 Å². The van der Waals surface area contributed by atoms with Gasteiger partial charge in [0, 0.05) is 0 Å². The lowest BCUT2D eigenvalue weighted by Gasteiger charge is -2.35. The molecule has 0 spiro atoms. The van der Waals surface area contributed by atoms with Crippen LogP contribution in [-0.4, -0.2) is 0 Å². The van der Waals surface area contributed by atoms with Crippen molar-refractivity contribution in [3.63, 3.8) is 0 Å². The van der Waals surface area contributed by atoms with Crippen molar-refractivity contribution < 1.29 is 0 Å². The minimum Gasteiger partial charge on any atom is -0.0776 e. The molecule has 15 heavy (non-hydrogen) atoms. The monoisotopic (exact) mass is 210 g/mol. The molecule has 0 aromatic rings. The SMILES string of the molecule is C.CCC1CCC(C2CCCCC2)CC1. The number of hydrogen-bond donors (Lipinski definition) is 0.